The maximum atomic E-state index is 12.7. The first kappa shape index (κ1) is 19.6. The Morgan fingerprint density at radius 1 is 1.26 bits per heavy atom. The highest BCUT2D eigenvalue weighted by molar-refractivity contribution is 7.89. The van der Waals surface area contributed by atoms with Crippen LogP contribution in [0.15, 0.2) is 45.8 Å². The van der Waals surface area contributed by atoms with Crippen molar-refractivity contribution in [2.24, 2.45) is 0 Å². The van der Waals surface area contributed by atoms with Crippen LogP contribution in [-0.2, 0) is 16.2 Å². The number of carbonyl (C=O) groups is 1. The van der Waals surface area contributed by atoms with Gasteiger partial charge in [0.1, 0.15) is 5.76 Å². The van der Waals surface area contributed by atoms with E-state index in [1.54, 1.807) is 12.1 Å². The molecule has 0 fully saturated rings. The summed E-state index contributed by atoms with van der Waals surface area (Å²) in [5, 5.41) is 13.2. The van der Waals surface area contributed by atoms with E-state index in [2.05, 4.69) is 9.88 Å². The zero-order valence-electron chi connectivity index (χ0n) is 15.2. The first-order valence-electron chi connectivity index (χ1n) is 8.34. The molecule has 142 valence electrons. The van der Waals surface area contributed by atoms with E-state index in [0.717, 1.165) is 26.6 Å². The molecule has 2 aromatic heterocycles. The molecule has 2 unspecified atom stereocenters. The third kappa shape index (κ3) is 4.59. The Balaban J connectivity index is 1.85. The van der Waals surface area contributed by atoms with Gasteiger partial charge in [-0.15, -0.1) is 16.1 Å². The van der Waals surface area contributed by atoms with Crippen molar-refractivity contribution in [3.05, 3.63) is 58.3 Å². The molecular weight excluding hydrogens is 384 g/mol. The molecule has 3 rings (SSSR count). The van der Waals surface area contributed by atoms with Crippen molar-refractivity contribution in [1.29, 1.82) is 0 Å². The summed E-state index contributed by atoms with van der Waals surface area (Å²) in [4.78, 5) is 13.7. The van der Waals surface area contributed by atoms with Gasteiger partial charge in [0.25, 0.3) is 0 Å². The molecular formula is C19H20N2O4S2. The lowest BCUT2D eigenvalue weighted by atomic mass is 10.1. The highest BCUT2D eigenvalue weighted by Crippen LogP contribution is 2.36. The van der Waals surface area contributed by atoms with Crippen LogP contribution in [0.3, 0.4) is 0 Å². The molecule has 2 heterocycles. The van der Waals surface area contributed by atoms with Gasteiger partial charge in [0.2, 0.25) is 0 Å². The standard InChI is InChI=1S/C19H20N2O4S2/c1-11-4-6-14(7-5-11)27(24)21-15(10-18(22)23)16-8-9-17(26-16)19-12(2)20-25-13(19)3/h4-9,15,21H,10H2,1-3H3,(H,22,23). The van der Waals surface area contributed by atoms with Crippen LogP contribution in [-0.4, -0.2) is 20.8 Å². The first-order chi connectivity index (χ1) is 12.8. The van der Waals surface area contributed by atoms with Crippen LogP contribution in [0, 0.1) is 20.8 Å². The topological polar surface area (TPSA) is 98.4 Å². The lowest BCUT2D eigenvalue weighted by Crippen LogP contribution is -2.29. The van der Waals surface area contributed by atoms with Crippen LogP contribution < -0.4 is 4.72 Å². The largest absolute Gasteiger partial charge is 0.593 e. The van der Waals surface area contributed by atoms with Crippen molar-refractivity contribution in [1.82, 2.24) is 9.88 Å². The van der Waals surface area contributed by atoms with Gasteiger partial charge in [-0.1, -0.05) is 22.9 Å². The number of carboxylic acids is 1. The van der Waals surface area contributed by atoms with Crippen LogP contribution in [0.2, 0.25) is 0 Å². The number of thiophene rings is 1. The Morgan fingerprint density at radius 2 is 1.96 bits per heavy atom. The van der Waals surface area contributed by atoms with Gasteiger partial charge in [0, 0.05) is 9.75 Å². The van der Waals surface area contributed by atoms with E-state index in [1.807, 2.05) is 45.0 Å². The number of rotatable bonds is 7. The van der Waals surface area contributed by atoms with Gasteiger partial charge in [-0.2, -0.15) is 0 Å². The summed E-state index contributed by atoms with van der Waals surface area (Å²) in [7, 11) is 0. The van der Waals surface area contributed by atoms with Gasteiger partial charge in [-0.05, 0) is 45.0 Å². The first-order valence-corrected chi connectivity index (χ1v) is 10.3. The third-order valence-corrected chi connectivity index (χ3v) is 6.53. The molecule has 0 spiro atoms. The van der Waals surface area contributed by atoms with E-state index in [0.29, 0.717) is 10.7 Å². The Morgan fingerprint density at radius 3 is 2.56 bits per heavy atom. The molecule has 0 aliphatic heterocycles. The molecule has 0 amide bonds. The number of hydrogen-bond donors (Lipinski definition) is 2. The van der Waals surface area contributed by atoms with E-state index in [-0.39, 0.29) is 6.42 Å². The number of aliphatic carboxylic acids is 1. The minimum Gasteiger partial charge on any atom is -0.593 e. The lowest BCUT2D eigenvalue weighted by molar-refractivity contribution is -0.137. The molecule has 0 saturated carbocycles. The molecule has 6 nitrogen and oxygen atoms in total. The quantitative estimate of drug-likeness (QED) is 0.574. The number of carboxylic acid groups (broad SMARTS) is 1. The number of aryl methyl sites for hydroxylation is 3. The minimum absolute atomic E-state index is 0.168. The zero-order valence-corrected chi connectivity index (χ0v) is 16.8. The van der Waals surface area contributed by atoms with Crippen LogP contribution in [0.25, 0.3) is 10.4 Å². The van der Waals surface area contributed by atoms with E-state index < -0.39 is 23.4 Å². The number of nitrogens with zero attached hydrogens (tertiary/aromatic N) is 1. The normalized spacial score (nSPS) is 13.5. The molecule has 27 heavy (non-hydrogen) atoms. The predicted molar refractivity (Wildman–Crippen MR) is 105 cm³/mol. The maximum absolute atomic E-state index is 12.7. The van der Waals surface area contributed by atoms with Gasteiger partial charge in [-0.25, -0.2) is 0 Å². The van der Waals surface area contributed by atoms with Crippen molar-refractivity contribution in [2.45, 2.75) is 38.1 Å². The summed E-state index contributed by atoms with van der Waals surface area (Å²) in [6, 6.07) is 10.5. The number of hydrogen-bond acceptors (Lipinski definition) is 6. The van der Waals surface area contributed by atoms with Crippen molar-refractivity contribution in [3.63, 3.8) is 0 Å². The number of benzene rings is 1. The van der Waals surface area contributed by atoms with Gasteiger partial charge in [-0.3, -0.25) is 4.79 Å². The van der Waals surface area contributed by atoms with Gasteiger partial charge < -0.3 is 14.2 Å². The summed E-state index contributed by atoms with van der Waals surface area (Å²) >= 11 is -0.0641. The third-order valence-electron chi connectivity index (χ3n) is 4.11. The van der Waals surface area contributed by atoms with Crippen LogP contribution in [0.1, 0.15) is 34.4 Å². The zero-order chi connectivity index (χ0) is 19.6. The fourth-order valence-corrected chi connectivity index (χ4v) is 5.01. The summed E-state index contributed by atoms with van der Waals surface area (Å²) in [5.74, 6) is -0.243. The Labute approximate surface area is 164 Å². The molecule has 3 aromatic rings. The van der Waals surface area contributed by atoms with E-state index in [9.17, 15) is 14.5 Å². The molecule has 0 radical (unpaired) electrons. The number of aromatic nitrogens is 1. The average Bonchev–Trinajstić information content (AvgIpc) is 3.21. The molecule has 0 aliphatic carbocycles. The predicted octanol–water partition coefficient (Wildman–Crippen LogP) is 4.16. The second kappa shape index (κ2) is 8.26. The van der Waals surface area contributed by atoms with E-state index in [4.69, 9.17) is 4.52 Å². The summed E-state index contributed by atoms with van der Waals surface area (Å²) < 4.78 is 20.8. The van der Waals surface area contributed by atoms with Crippen LogP contribution in [0.4, 0.5) is 0 Å². The monoisotopic (exact) mass is 404 g/mol. The second-order valence-electron chi connectivity index (χ2n) is 6.25. The molecule has 0 aliphatic rings. The summed E-state index contributed by atoms with van der Waals surface area (Å²) in [5.41, 5.74) is 2.77. The van der Waals surface area contributed by atoms with Crippen molar-refractivity contribution < 1.29 is 19.0 Å². The fourth-order valence-electron chi connectivity index (χ4n) is 2.74. The Hall–Kier alpha value is -2.13. The highest BCUT2D eigenvalue weighted by Gasteiger charge is 2.25. The van der Waals surface area contributed by atoms with Crippen LogP contribution >= 0.6 is 11.3 Å². The molecule has 2 atom stereocenters. The smallest absolute Gasteiger partial charge is 0.305 e. The minimum atomic E-state index is -1.51. The van der Waals surface area contributed by atoms with E-state index >= 15 is 0 Å². The number of nitrogens with one attached hydrogen (secondary N) is 1. The van der Waals surface area contributed by atoms with Gasteiger partial charge in [0.05, 0.1) is 35.1 Å². The molecule has 1 aromatic carbocycles. The lowest BCUT2D eigenvalue weighted by Gasteiger charge is -2.17. The molecule has 0 bridgehead atoms. The SMILES string of the molecule is Cc1ccc([S+]([O-])NC(CC(=O)O)c2ccc(-c3c(C)noc3C)s2)cc1. The summed E-state index contributed by atoms with van der Waals surface area (Å²) in [6.07, 6.45) is -0.168. The maximum Gasteiger partial charge on any atom is 0.305 e. The van der Waals surface area contributed by atoms with E-state index in [1.165, 1.54) is 11.3 Å². The Bertz CT molecular complexity index is 914. The molecule has 0 saturated heterocycles. The van der Waals surface area contributed by atoms with Crippen molar-refractivity contribution in [2.75, 3.05) is 0 Å². The second-order valence-corrected chi connectivity index (χ2v) is 8.61. The van der Waals surface area contributed by atoms with Gasteiger partial charge in [0.15, 0.2) is 4.90 Å². The molecule has 2 N–H and O–H groups in total. The van der Waals surface area contributed by atoms with Crippen molar-refractivity contribution in [3.8, 4) is 10.4 Å². The fraction of sp³-hybridized carbons (Fsp3) is 0.263. The summed E-state index contributed by atoms with van der Waals surface area (Å²) in [6.45, 7) is 5.66. The van der Waals surface area contributed by atoms with Crippen molar-refractivity contribution >= 4 is 28.7 Å². The molecule has 8 heteroatoms. The van der Waals surface area contributed by atoms with Gasteiger partial charge >= 0.3 is 5.97 Å². The highest BCUT2D eigenvalue weighted by atomic mass is 32.2. The van der Waals surface area contributed by atoms with Crippen LogP contribution in [0.5, 0.6) is 0 Å². The average molecular weight is 405 g/mol. The Kier molecular flexibility index (Phi) is 6.01.